The number of thiazole rings is 1. The number of aromatic nitrogens is 1. The molecule has 0 unspecified atom stereocenters. The largest absolute Gasteiger partial charge is 0.371 e. The van der Waals surface area contributed by atoms with Gasteiger partial charge in [0.05, 0.1) is 5.69 Å². The maximum Gasteiger partial charge on any atom is 0.125 e. The average molecular weight is 288 g/mol. The predicted octanol–water partition coefficient (Wildman–Crippen LogP) is 4.51. The molecule has 0 aliphatic heterocycles. The van der Waals surface area contributed by atoms with Gasteiger partial charge >= 0.3 is 0 Å². The SMILES string of the molecule is COC1(c2nc(CCCCl)cs2)CCCCCC1. The van der Waals surface area contributed by atoms with Crippen LogP contribution in [0, 0.1) is 0 Å². The normalized spacial score (nSPS) is 19.7. The fraction of sp³-hybridized carbons (Fsp3) is 0.786. The Morgan fingerprint density at radius 1 is 1.33 bits per heavy atom. The Morgan fingerprint density at radius 3 is 2.67 bits per heavy atom. The maximum absolute atomic E-state index is 5.88. The van der Waals surface area contributed by atoms with Gasteiger partial charge in [-0.05, 0) is 25.7 Å². The summed E-state index contributed by atoms with van der Waals surface area (Å²) in [7, 11) is 1.84. The van der Waals surface area contributed by atoms with Gasteiger partial charge in [-0.15, -0.1) is 22.9 Å². The molecule has 2 nitrogen and oxygen atoms in total. The highest BCUT2D eigenvalue weighted by molar-refractivity contribution is 7.09. The molecule has 102 valence electrons. The molecule has 1 aliphatic carbocycles. The van der Waals surface area contributed by atoms with E-state index in [1.165, 1.54) is 36.4 Å². The van der Waals surface area contributed by atoms with E-state index in [0.717, 1.165) is 25.7 Å². The molecule has 1 fully saturated rings. The molecule has 1 aliphatic rings. The summed E-state index contributed by atoms with van der Waals surface area (Å²) >= 11 is 7.49. The van der Waals surface area contributed by atoms with Crippen LogP contribution in [0.4, 0.5) is 0 Å². The summed E-state index contributed by atoms with van der Waals surface area (Å²) in [5.74, 6) is 0.711. The van der Waals surface area contributed by atoms with E-state index in [4.69, 9.17) is 21.3 Å². The molecular formula is C14H22ClNOS. The second-order valence-corrected chi connectivity index (χ2v) is 6.29. The Kier molecular flexibility index (Phi) is 5.46. The molecule has 0 aromatic carbocycles. The number of ether oxygens (including phenoxy) is 1. The van der Waals surface area contributed by atoms with Gasteiger partial charge in [0.2, 0.25) is 0 Å². The van der Waals surface area contributed by atoms with Crippen molar-refractivity contribution in [2.45, 2.75) is 57.0 Å². The van der Waals surface area contributed by atoms with E-state index >= 15 is 0 Å². The minimum absolute atomic E-state index is 0.111. The summed E-state index contributed by atoms with van der Waals surface area (Å²) < 4.78 is 5.88. The summed E-state index contributed by atoms with van der Waals surface area (Å²) in [6.07, 6.45) is 9.39. The Morgan fingerprint density at radius 2 is 2.06 bits per heavy atom. The van der Waals surface area contributed by atoms with Gasteiger partial charge in [0.25, 0.3) is 0 Å². The summed E-state index contributed by atoms with van der Waals surface area (Å²) in [5.41, 5.74) is 1.07. The van der Waals surface area contributed by atoms with Gasteiger partial charge in [-0.1, -0.05) is 25.7 Å². The van der Waals surface area contributed by atoms with Gasteiger partial charge in [0.15, 0.2) is 0 Å². The molecule has 4 heteroatoms. The second kappa shape index (κ2) is 6.88. The summed E-state index contributed by atoms with van der Waals surface area (Å²) in [6, 6.07) is 0. The smallest absolute Gasteiger partial charge is 0.125 e. The van der Waals surface area contributed by atoms with Crippen molar-refractivity contribution in [1.29, 1.82) is 0 Å². The van der Waals surface area contributed by atoms with E-state index in [-0.39, 0.29) is 5.60 Å². The molecule has 18 heavy (non-hydrogen) atoms. The fourth-order valence-corrected chi connectivity index (χ4v) is 3.91. The first-order chi connectivity index (χ1) is 8.80. The van der Waals surface area contributed by atoms with Gasteiger partial charge in [0, 0.05) is 18.4 Å². The number of alkyl halides is 1. The van der Waals surface area contributed by atoms with E-state index in [1.807, 2.05) is 7.11 Å². The molecule has 1 aromatic rings. The summed E-state index contributed by atoms with van der Waals surface area (Å²) in [5, 5.41) is 3.35. The topological polar surface area (TPSA) is 22.1 Å². The molecule has 0 radical (unpaired) electrons. The monoisotopic (exact) mass is 287 g/mol. The molecule has 0 N–H and O–H groups in total. The Balaban J connectivity index is 2.12. The number of methoxy groups -OCH3 is 1. The van der Waals surface area contributed by atoms with Crippen LogP contribution in [0.1, 0.15) is 55.6 Å². The van der Waals surface area contributed by atoms with Crippen molar-refractivity contribution < 1.29 is 4.74 Å². The predicted molar refractivity (Wildman–Crippen MR) is 77.5 cm³/mol. The van der Waals surface area contributed by atoms with Crippen LogP contribution in [0.3, 0.4) is 0 Å². The van der Waals surface area contributed by atoms with Crippen LogP contribution in [0.5, 0.6) is 0 Å². The number of hydrogen-bond donors (Lipinski definition) is 0. The van der Waals surface area contributed by atoms with Crippen LogP contribution in [0.25, 0.3) is 0 Å². The molecule has 0 bridgehead atoms. The first kappa shape index (κ1) is 14.3. The van der Waals surface area contributed by atoms with Crippen molar-refractivity contribution in [3.8, 4) is 0 Å². The molecule has 0 atom stereocenters. The van der Waals surface area contributed by atoms with Crippen LogP contribution >= 0.6 is 22.9 Å². The molecule has 0 spiro atoms. The molecule has 0 amide bonds. The first-order valence-electron chi connectivity index (χ1n) is 6.87. The molecule has 1 aromatic heterocycles. The van der Waals surface area contributed by atoms with Crippen LogP contribution in [-0.4, -0.2) is 18.0 Å². The lowest BCUT2D eigenvalue weighted by atomic mass is 9.95. The van der Waals surface area contributed by atoms with Gasteiger partial charge in [-0.3, -0.25) is 0 Å². The molecule has 1 heterocycles. The highest BCUT2D eigenvalue weighted by atomic mass is 35.5. The molecular weight excluding hydrogens is 266 g/mol. The van der Waals surface area contributed by atoms with Gasteiger partial charge < -0.3 is 4.74 Å². The highest BCUT2D eigenvalue weighted by Gasteiger charge is 2.35. The van der Waals surface area contributed by atoms with E-state index in [1.54, 1.807) is 11.3 Å². The number of hydrogen-bond acceptors (Lipinski definition) is 3. The number of nitrogens with zero attached hydrogens (tertiary/aromatic N) is 1. The first-order valence-corrected chi connectivity index (χ1v) is 8.28. The van der Waals surface area contributed by atoms with Crippen LogP contribution in [-0.2, 0) is 16.8 Å². The third kappa shape index (κ3) is 3.25. The van der Waals surface area contributed by atoms with Crippen LogP contribution < -0.4 is 0 Å². The third-order valence-corrected chi connectivity index (χ3v) is 5.15. The van der Waals surface area contributed by atoms with Gasteiger partial charge in [0.1, 0.15) is 10.6 Å². The minimum Gasteiger partial charge on any atom is -0.371 e. The average Bonchev–Trinajstić information content (AvgIpc) is 2.74. The van der Waals surface area contributed by atoms with Crippen molar-refractivity contribution in [3.63, 3.8) is 0 Å². The summed E-state index contributed by atoms with van der Waals surface area (Å²) in [4.78, 5) is 4.79. The second-order valence-electron chi connectivity index (χ2n) is 5.05. The van der Waals surface area contributed by atoms with Crippen molar-refractivity contribution in [3.05, 3.63) is 16.1 Å². The zero-order valence-electron chi connectivity index (χ0n) is 11.1. The Hall–Kier alpha value is -0.120. The maximum atomic E-state index is 5.88. The fourth-order valence-electron chi connectivity index (χ4n) is 2.68. The van der Waals surface area contributed by atoms with E-state index < -0.39 is 0 Å². The molecule has 1 saturated carbocycles. The third-order valence-electron chi connectivity index (χ3n) is 3.81. The van der Waals surface area contributed by atoms with E-state index in [9.17, 15) is 0 Å². The van der Waals surface area contributed by atoms with Gasteiger partial charge in [-0.2, -0.15) is 0 Å². The lowest BCUT2D eigenvalue weighted by Crippen LogP contribution is -2.27. The minimum atomic E-state index is -0.111. The standard InChI is InChI=1S/C14H22ClNOS/c1-17-14(8-4-2-3-5-9-14)13-16-12(11-18-13)7-6-10-15/h11H,2-10H2,1H3. The van der Waals surface area contributed by atoms with E-state index in [0.29, 0.717) is 5.88 Å². The zero-order chi connectivity index (χ0) is 12.8. The number of rotatable bonds is 5. The van der Waals surface area contributed by atoms with Crippen molar-refractivity contribution in [2.75, 3.05) is 13.0 Å². The van der Waals surface area contributed by atoms with Gasteiger partial charge in [-0.25, -0.2) is 4.98 Å². The molecule has 2 rings (SSSR count). The van der Waals surface area contributed by atoms with Crippen molar-refractivity contribution in [2.24, 2.45) is 0 Å². The molecule has 0 saturated heterocycles. The number of halogens is 1. The highest BCUT2D eigenvalue weighted by Crippen LogP contribution is 2.40. The number of aryl methyl sites for hydroxylation is 1. The lowest BCUT2D eigenvalue weighted by Gasteiger charge is -2.29. The van der Waals surface area contributed by atoms with Crippen LogP contribution in [0.15, 0.2) is 5.38 Å². The summed E-state index contributed by atoms with van der Waals surface area (Å²) in [6.45, 7) is 0. The Labute approximate surface area is 119 Å². The Bertz CT molecular complexity index is 358. The zero-order valence-corrected chi connectivity index (χ0v) is 12.7. The van der Waals surface area contributed by atoms with E-state index in [2.05, 4.69) is 5.38 Å². The van der Waals surface area contributed by atoms with Crippen molar-refractivity contribution >= 4 is 22.9 Å². The van der Waals surface area contributed by atoms with Crippen LogP contribution in [0.2, 0.25) is 0 Å². The van der Waals surface area contributed by atoms with Crippen molar-refractivity contribution in [1.82, 2.24) is 4.98 Å². The lowest BCUT2D eigenvalue weighted by molar-refractivity contribution is -0.0280. The quantitative estimate of drug-likeness (QED) is 0.587.